The third-order valence-electron chi connectivity index (χ3n) is 6.46. The van der Waals surface area contributed by atoms with Gasteiger partial charge in [0.1, 0.15) is 36.8 Å². The Balaban J connectivity index is 1.37. The lowest BCUT2D eigenvalue weighted by Gasteiger charge is -2.24. The third-order valence-corrected chi connectivity index (χ3v) is 9.67. The number of nitrogens with zero attached hydrogens (tertiary/aromatic N) is 7. The zero-order valence-corrected chi connectivity index (χ0v) is 25.5. The number of aromatic amines is 1. The van der Waals surface area contributed by atoms with E-state index in [2.05, 4.69) is 42.2 Å². The molecule has 2 aliphatic rings. The summed E-state index contributed by atoms with van der Waals surface area (Å²) in [6.07, 6.45) is -3.85. The fraction of sp³-hybridized carbons (Fsp3) is 0.500. The van der Waals surface area contributed by atoms with Gasteiger partial charge in [-0.25, -0.2) is 28.9 Å². The fourth-order valence-electron chi connectivity index (χ4n) is 4.62. The Labute approximate surface area is 251 Å². The van der Waals surface area contributed by atoms with E-state index in [1.807, 2.05) is 0 Å². The van der Waals surface area contributed by atoms with Crippen LogP contribution in [0, 0.1) is 0 Å². The summed E-state index contributed by atoms with van der Waals surface area (Å²) in [6, 6.07) is 0. The van der Waals surface area contributed by atoms with Crippen molar-refractivity contribution >= 4 is 65.8 Å². The molecular weight excluding hydrogens is 655 g/mol. The molecule has 2 aliphatic heterocycles. The van der Waals surface area contributed by atoms with Crippen molar-refractivity contribution in [2.24, 2.45) is 0 Å². The predicted octanol–water partition coefficient (Wildman–Crippen LogP) is 1.13. The van der Waals surface area contributed by atoms with Gasteiger partial charge in [0.15, 0.2) is 35.0 Å². The zero-order valence-electron chi connectivity index (χ0n) is 22.0. The number of fused-ring (bicyclic) bond motifs is 6. The van der Waals surface area contributed by atoms with Gasteiger partial charge in [-0.3, -0.25) is 23.4 Å². The number of hydrogen-bond donors (Lipinski definition) is 4. The maximum atomic E-state index is 15.9. The summed E-state index contributed by atoms with van der Waals surface area (Å²) in [4.78, 5) is 46.4. The second-order valence-corrected chi connectivity index (χ2v) is 15.0. The van der Waals surface area contributed by atoms with Crippen LogP contribution in [-0.2, 0) is 63.7 Å². The minimum absolute atomic E-state index is 0.0591. The molecule has 4 aromatic heterocycles. The lowest BCUT2D eigenvalue weighted by Crippen LogP contribution is -2.32. The second kappa shape index (κ2) is 11.8. The summed E-state index contributed by atoms with van der Waals surface area (Å²) < 4.78 is 65.1. The number of methoxy groups -OCH3 is 1. The largest absolute Gasteiger partial charge is 0.387 e. The van der Waals surface area contributed by atoms with Crippen LogP contribution >= 0.6 is 25.8 Å². The molecule has 4 aromatic rings. The van der Waals surface area contributed by atoms with Crippen molar-refractivity contribution in [2.75, 3.05) is 26.1 Å². The summed E-state index contributed by atoms with van der Waals surface area (Å²) >= 11 is 9.20. The van der Waals surface area contributed by atoms with Crippen molar-refractivity contribution in [3.63, 3.8) is 0 Å². The van der Waals surface area contributed by atoms with E-state index in [0.717, 1.165) is 6.33 Å². The van der Waals surface area contributed by atoms with Gasteiger partial charge in [0.05, 0.1) is 25.7 Å². The molecule has 6 atom stereocenters. The van der Waals surface area contributed by atoms with E-state index < -0.39 is 56.9 Å². The number of aromatic nitrogens is 8. The minimum atomic E-state index is -4.34. The Bertz CT molecular complexity index is 1840. The Kier molecular flexibility index (Phi) is 8.42. The Hall–Kier alpha value is -2.42. The smallest absolute Gasteiger partial charge is 0.377 e. The molecule has 0 aliphatic carbocycles. The number of anilines is 1. The topological polar surface area (TPSA) is 226 Å². The number of nitrogen functional groups attached to an aromatic ring is 1. The van der Waals surface area contributed by atoms with Crippen LogP contribution in [-0.4, -0.2) is 82.6 Å². The van der Waals surface area contributed by atoms with Gasteiger partial charge < -0.3 is 33.7 Å². The summed E-state index contributed by atoms with van der Waals surface area (Å²) in [5.74, 6) is 0.357. The maximum Gasteiger partial charge on any atom is 0.387 e. The SMILES string of the molecule is COCc1ncc2nc3n(c2n1)CCOP(O)(=S)OC[C@H]1O[C@@H](n2cnc4c(=O)[nH]c(N)nc42)[C@H](OP(=O)(S)OC3)[C@H]1F. The molecule has 0 spiro atoms. The zero-order chi connectivity index (χ0) is 30.5. The van der Waals surface area contributed by atoms with Crippen LogP contribution in [0.5, 0.6) is 0 Å². The first-order valence-electron chi connectivity index (χ1n) is 12.4. The van der Waals surface area contributed by atoms with Crippen molar-refractivity contribution in [2.45, 2.75) is 44.4 Å². The number of hydrogen-bond acceptors (Lipinski definition) is 15. The number of nitrogens with one attached hydrogen (secondary N) is 1. The van der Waals surface area contributed by atoms with Crippen LogP contribution in [0.3, 0.4) is 0 Å². The van der Waals surface area contributed by atoms with Crippen molar-refractivity contribution < 1.29 is 41.4 Å². The molecule has 6 rings (SSSR count). The average Bonchev–Trinajstić information content (AvgIpc) is 3.60. The first-order chi connectivity index (χ1) is 20.4. The van der Waals surface area contributed by atoms with Crippen LogP contribution in [0.25, 0.3) is 22.3 Å². The Morgan fingerprint density at radius 2 is 2.09 bits per heavy atom. The molecule has 1 fully saturated rings. The van der Waals surface area contributed by atoms with Crippen molar-refractivity contribution in [1.29, 1.82) is 0 Å². The third kappa shape index (κ3) is 6.25. The van der Waals surface area contributed by atoms with Gasteiger partial charge in [-0.05, 0) is 11.8 Å². The van der Waals surface area contributed by atoms with Gasteiger partial charge in [-0.2, -0.15) is 4.98 Å². The molecule has 23 heteroatoms. The van der Waals surface area contributed by atoms with Gasteiger partial charge in [-0.1, -0.05) is 12.2 Å². The molecule has 18 nitrogen and oxygen atoms in total. The highest BCUT2D eigenvalue weighted by Crippen LogP contribution is 2.57. The van der Waals surface area contributed by atoms with Crippen molar-refractivity contribution in [1.82, 2.24) is 39.0 Å². The van der Waals surface area contributed by atoms with Crippen LogP contribution in [0.2, 0.25) is 0 Å². The molecule has 43 heavy (non-hydrogen) atoms. The number of alkyl halides is 1. The monoisotopic (exact) mass is 679 g/mol. The lowest BCUT2D eigenvalue weighted by atomic mass is 10.1. The number of thiol groups is 1. The summed E-state index contributed by atoms with van der Waals surface area (Å²) in [7, 11) is 1.49. The molecule has 2 unspecified atom stereocenters. The van der Waals surface area contributed by atoms with Gasteiger partial charge in [0, 0.05) is 13.7 Å². The number of halogens is 1. The van der Waals surface area contributed by atoms with E-state index in [4.69, 9.17) is 45.1 Å². The molecule has 2 bridgehead atoms. The minimum Gasteiger partial charge on any atom is -0.377 e. The van der Waals surface area contributed by atoms with E-state index in [0.29, 0.717) is 17.0 Å². The van der Waals surface area contributed by atoms with Crippen LogP contribution < -0.4 is 11.3 Å². The van der Waals surface area contributed by atoms with E-state index in [-0.39, 0.29) is 42.7 Å². The number of H-pyrrole nitrogens is 1. The molecular formula is C20H24FN9O9P2S2. The first kappa shape index (κ1) is 30.6. The standard InChI is InChI=1S/C20H24FN9O9P2S2/c1-34-6-11-23-4-9-16(26-11)29-2-3-35-40(32,42)36-5-10-13(21)15(39-41(33,43)37-7-12(29)25-9)19(38-10)30-8-24-14-17(30)27-20(22)28-18(14)31/h4,8,10,13,15,19H,2-3,5-7H2,1H3,(H,32,42)(H,33,43)(H3,22,27,28,31)/t10-,13+,15-,19-,40?,41?/m1/s1. The highest BCUT2D eigenvalue weighted by Gasteiger charge is 2.51. The molecule has 6 heterocycles. The molecule has 232 valence electrons. The fourth-order valence-corrected chi connectivity index (χ4v) is 7.11. The van der Waals surface area contributed by atoms with E-state index in [9.17, 15) is 14.3 Å². The van der Waals surface area contributed by atoms with Crippen molar-refractivity contribution in [3.05, 3.63) is 34.5 Å². The Morgan fingerprint density at radius 1 is 1.28 bits per heavy atom. The van der Waals surface area contributed by atoms with E-state index in [1.54, 1.807) is 4.57 Å². The summed E-state index contributed by atoms with van der Waals surface area (Å²) in [5.41, 5.74) is 5.62. The average molecular weight is 680 g/mol. The molecule has 1 saturated heterocycles. The van der Waals surface area contributed by atoms with Crippen LogP contribution in [0.4, 0.5) is 10.3 Å². The Morgan fingerprint density at radius 3 is 2.88 bits per heavy atom. The van der Waals surface area contributed by atoms with E-state index in [1.165, 1.54) is 17.9 Å². The molecule has 0 radical (unpaired) electrons. The van der Waals surface area contributed by atoms with Crippen molar-refractivity contribution in [3.8, 4) is 0 Å². The van der Waals surface area contributed by atoms with E-state index >= 15 is 4.39 Å². The van der Waals surface area contributed by atoms with Gasteiger partial charge in [0.2, 0.25) is 5.95 Å². The van der Waals surface area contributed by atoms with Crippen LogP contribution in [0.1, 0.15) is 17.9 Å². The number of rotatable bonds is 3. The number of nitrogens with two attached hydrogens (primary N) is 1. The maximum absolute atomic E-state index is 15.9. The predicted molar refractivity (Wildman–Crippen MR) is 152 cm³/mol. The highest BCUT2D eigenvalue weighted by molar-refractivity contribution is 8.44. The molecule has 4 N–H and O–H groups in total. The normalized spacial score (nSPS) is 30.7. The molecule has 0 saturated carbocycles. The lowest BCUT2D eigenvalue weighted by molar-refractivity contribution is -0.0453. The van der Waals surface area contributed by atoms with Gasteiger partial charge in [-0.15, -0.1) is 0 Å². The van der Waals surface area contributed by atoms with Gasteiger partial charge in [0.25, 0.3) is 5.56 Å². The number of imidazole rings is 2. The molecule has 0 aromatic carbocycles. The van der Waals surface area contributed by atoms with Gasteiger partial charge >= 0.3 is 13.5 Å². The second-order valence-electron chi connectivity index (χ2n) is 9.30. The van der Waals surface area contributed by atoms with Crippen LogP contribution in [0.15, 0.2) is 17.3 Å². The summed E-state index contributed by atoms with van der Waals surface area (Å²) in [6.45, 7) is -9.19. The quantitative estimate of drug-likeness (QED) is 0.176. The first-order valence-corrected chi connectivity index (χ1v) is 17.7. The highest BCUT2D eigenvalue weighted by atomic mass is 32.7. The number of ether oxygens (including phenoxy) is 2. The summed E-state index contributed by atoms with van der Waals surface area (Å²) in [5, 5.41) is 0. The molecule has 0 amide bonds.